The van der Waals surface area contributed by atoms with Gasteiger partial charge in [-0.05, 0) is 25.1 Å². The first-order valence-corrected chi connectivity index (χ1v) is 6.73. The molecule has 1 unspecified atom stereocenters. The van der Waals surface area contributed by atoms with Gasteiger partial charge in [-0.1, -0.05) is 11.6 Å². The molecule has 0 aliphatic heterocycles. The van der Waals surface area contributed by atoms with Crippen molar-refractivity contribution in [3.63, 3.8) is 0 Å². The highest BCUT2D eigenvalue weighted by atomic mass is 35.5. The monoisotopic (exact) mass is 311 g/mol. The van der Waals surface area contributed by atoms with Crippen molar-refractivity contribution >= 4 is 11.6 Å². The lowest BCUT2D eigenvalue weighted by Gasteiger charge is -2.10. The zero-order valence-electron chi connectivity index (χ0n) is 11.4. The Balaban J connectivity index is 2.18. The average molecular weight is 312 g/mol. The molecule has 7 heteroatoms. The number of aromatic nitrogens is 2. The Morgan fingerprint density at radius 3 is 2.90 bits per heavy atom. The molecule has 2 rings (SSSR count). The zero-order chi connectivity index (χ0) is 15.4. The topological polar surface area (TPSA) is 70.1 Å². The SMILES string of the molecule is CC(N)COc1cnn(Cc2cc(Cl)ccc2F)c(=O)c1. The van der Waals surface area contributed by atoms with Crippen molar-refractivity contribution in [3.05, 3.63) is 57.2 Å². The molecule has 5 nitrogen and oxygen atoms in total. The van der Waals surface area contributed by atoms with E-state index in [9.17, 15) is 9.18 Å². The first-order valence-electron chi connectivity index (χ1n) is 6.35. The standard InChI is InChI=1S/C14H15ClFN3O2/c1-9(17)8-21-12-5-14(20)19(18-6-12)7-10-4-11(15)2-3-13(10)16/h2-6,9H,7-8,17H2,1H3. The van der Waals surface area contributed by atoms with Crippen LogP contribution in [0.3, 0.4) is 0 Å². The number of hydrogen-bond donors (Lipinski definition) is 1. The number of nitrogens with zero attached hydrogens (tertiary/aromatic N) is 2. The van der Waals surface area contributed by atoms with Gasteiger partial charge < -0.3 is 10.5 Å². The van der Waals surface area contributed by atoms with E-state index in [2.05, 4.69) is 5.10 Å². The number of nitrogens with two attached hydrogens (primary N) is 1. The van der Waals surface area contributed by atoms with Gasteiger partial charge in [0, 0.05) is 22.7 Å². The molecule has 1 aromatic heterocycles. The number of rotatable bonds is 5. The Labute approximate surface area is 126 Å². The molecule has 1 atom stereocenters. The number of halogens is 2. The van der Waals surface area contributed by atoms with E-state index < -0.39 is 11.4 Å². The van der Waals surface area contributed by atoms with Crippen LogP contribution in [-0.4, -0.2) is 22.4 Å². The van der Waals surface area contributed by atoms with E-state index in [0.29, 0.717) is 16.3 Å². The molecule has 0 aliphatic carbocycles. The fourth-order valence-corrected chi connectivity index (χ4v) is 1.86. The van der Waals surface area contributed by atoms with Gasteiger partial charge in [0.2, 0.25) is 0 Å². The van der Waals surface area contributed by atoms with Gasteiger partial charge in [-0.25, -0.2) is 9.07 Å². The molecular formula is C14H15ClFN3O2. The fourth-order valence-electron chi connectivity index (χ4n) is 1.67. The summed E-state index contributed by atoms with van der Waals surface area (Å²) in [4.78, 5) is 11.9. The van der Waals surface area contributed by atoms with Gasteiger partial charge >= 0.3 is 0 Å². The van der Waals surface area contributed by atoms with Gasteiger partial charge in [0.25, 0.3) is 5.56 Å². The minimum absolute atomic E-state index is 0.00119. The molecule has 0 saturated heterocycles. The molecule has 0 saturated carbocycles. The predicted octanol–water partition coefficient (Wildman–Crippen LogP) is 1.81. The van der Waals surface area contributed by atoms with Crippen LogP contribution in [0.1, 0.15) is 12.5 Å². The van der Waals surface area contributed by atoms with Gasteiger partial charge in [-0.3, -0.25) is 4.79 Å². The van der Waals surface area contributed by atoms with Crippen molar-refractivity contribution in [2.24, 2.45) is 5.73 Å². The first kappa shape index (κ1) is 15.5. The molecule has 0 bridgehead atoms. The van der Waals surface area contributed by atoms with Crippen LogP contribution in [0.15, 0.2) is 35.3 Å². The summed E-state index contributed by atoms with van der Waals surface area (Å²) in [6.07, 6.45) is 1.40. The third-order valence-corrected chi connectivity index (χ3v) is 2.92. The summed E-state index contributed by atoms with van der Waals surface area (Å²) in [6, 6.07) is 5.31. The lowest BCUT2D eigenvalue weighted by Crippen LogP contribution is -2.26. The largest absolute Gasteiger partial charge is 0.490 e. The summed E-state index contributed by atoms with van der Waals surface area (Å²) in [5.41, 5.74) is 5.46. The molecule has 1 heterocycles. The lowest BCUT2D eigenvalue weighted by atomic mass is 10.2. The minimum atomic E-state index is -0.439. The highest BCUT2D eigenvalue weighted by Crippen LogP contribution is 2.15. The summed E-state index contributed by atoms with van der Waals surface area (Å²) in [7, 11) is 0. The minimum Gasteiger partial charge on any atom is -0.490 e. The quantitative estimate of drug-likeness (QED) is 0.914. The fraction of sp³-hybridized carbons (Fsp3) is 0.286. The zero-order valence-corrected chi connectivity index (χ0v) is 12.2. The molecule has 0 aliphatic rings. The van der Waals surface area contributed by atoms with Crippen LogP contribution in [0, 0.1) is 5.82 Å². The number of ether oxygens (including phenoxy) is 1. The van der Waals surface area contributed by atoms with E-state index >= 15 is 0 Å². The average Bonchev–Trinajstić information content (AvgIpc) is 2.43. The molecule has 0 amide bonds. The van der Waals surface area contributed by atoms with Crippen molar-refractivity contribution in [2.75, 3.05) is 6.61 Å². The van der Waals surface area contributed by atoms with Gasteiger partial charge in [0.1, 0.15) is 18.2 Å². The summed E-state index contributed by atoms with van der Waals surface area (Å²) >= 11 is 5.81. The molecule has 112 valence electrons. The van der Waals surface area contributed by atoms with Crippen LogP contribution in [0.4, 0.5) is 4.39 Å². The normalized spacial score (nSPS) is 12.2. The molecule has 0 fully saturated rings. The second kappa shape index (κ2) is 6.69. The van der Waals surface area contributed by atoms with Crippen LogP contribution in [-0.2, 0) is 6.54 Å². The molecular weight excluding hydrogens is 297 g/mol. The maximum absolute atomic E-state index is 13.6. The third-order valence-electron chi connectivity index (χ3n) is 2.69. The van der Waals surface area contributed by atoms with E-state index in [1.807, 2.05) is 0 Å². The van der Waals surface area contributed by atoms with Crippen molar-refractivity contribution in [1.29, 1.82) is 0 Å². The number of hydrogen-bond acceptors (Lipinski definition) is 4. The summed E-state index contributed by atoms with van der Waals surface area (Å²) in [5.74, 6) is -0.106. The molecule has 2 aromatic rings. The van der Waals surface area contributed by atoms with E-state index in [1.165, 1.54) is 30.5 Å². The molecule has 0 spiro atoms. The lowest BCUT2D eigenvalue weighted by molar-refractivity contribution is 0.293. The van der Waals surface area contributed by atoms with Crippen LogP contribution >= 0.6 is 11.6 Å². The van der Waals surface area contributed by atoms with Crippen LogP contribution in [0.2, 0.25) is 5.02 Å². The Kier molecular flexibility index (Phi) is 4.93. The molecule has 21 heavy (non-hydrogen) atoms. The van der Waals surface area contributed by atoms with Crippen LogP contribution in [0.25, 0.3) is 0 Å². The summed E-state index contributed by atoms with van der Waals surface area (Å²) in [5, 5.41) is 4.35. The first-order chi connectivity index (χ1) is 9.95. The Morgan fingerprint density at radius 2 is 2.24 bits per heavy atom. The number of benzene rings is 1. The second-order valence-corrected chi connectivity index (χ2v) is 5.15. The summed E-state index contributed by atoms with van der Waals surface area (Å²) < 4.78 is 20.1. The van der Waals surface area contributed by atoms with E-state index in [1.54, 1.807) is 6.92 Å². The predicted molar refractivity (Wildman–Crippen MR) is 78.2 cm³/mol. The maximum Gasteiger partial charge on any atom is 0.270 e. The maximum atomic E-state index is 13.6. The van der Waals surface area contributed by atoms with Crippen LogP contribution in [0.5, 0.6) is 5.75 Å². The van der Waals surface area contributed by atoms with E-state index in [-0.39, 0.29) is 19.2 Å². The van der Waals surface area contributed by atoms with Crippen molar-refractivity contribution in [3.8, 4) is 5.75 Å². The second-order valence-electron chi connectivity index (χ2n) is 4.71. The van der Waals surface area contributed by atoms with Crippen molar-refractivity contribution in [1.82, 2.24) is 9.78 Å². The van der Waals surface area contributed by atoms with Crippen molar-refractivity contribution in [2.45, 2.75) is 19.5 Å². The van der Waals surface area contributed by atoms with Gasteiger partial charge in [0.05, 0.1) is 12.7 Å². The van der Waals surface area contributed by atoms with E-state index in [4.69, 9.17) is 22.1 Å². The van der Waals surface area contributed by atoms with Gasteiger partial charge in [-0.15, -0.1) is 0 Å². The van der Waals surface area contributed by atoms with E-state index in [0.717, 1.165) is 4.68 Å². The van der Waals surface area contributed by atoms with Crippen molar-refractivity contribution < 1.29 is 9.13 Å². The Bertz CT molecular complexity index is 688. The van der Waals surface area contributed by atoms with Gasteiger partial charge in [-0.2, -0.15) is 5.10 Å². The summed E-state index contributed by atoms with van der Waals surface area (Å²) in [6.45, 7) is 2.07. The van der Waals surface area contributed by atoms with Crippen LogP contribution < -0.4 is 16.0 Å². The molecule has 1 aromatic carbocycles. The van der Waals surface area contributed by atoms with Gasteiger partial charge in [0.15, 0.2) is 0 Å². The highest BCUT2D eigenvalue weighted by Gasteiger charge is 2.07. The highest BCUT2D eigenvalue weighted by molar-refractivity contribution is 6.30. The Morgan fingerprint density at radius 1 is 1.48 bits per heavy atom. The molecule has 2 N–H and O–H groups in total. The Hall–Kier alpha value is -1.92. The smallest absolute Gasteiger partial charge is 0.270 e. The third kappa shape index (κ3) is 4.27. The molecule has 0 radical (unpaired) electrons.